The number of aromatic amines is 1. The van der Waals surface area contributed by atoms with Crippen LogP contribution in [0.25, 0.3) is 10.9 Å². The molecular formula is C17H14ClN3O2. The smallest absolute Gasteiger partial charge is 0.272 e. The van der Waals surface area contributed by atoms with E-state index >= 15 is 0 Å². The number of amides is 2. The summed E-state index contributed by atoms with van der Waals surface area (Å²) in [5.41, 5.74) is 2.55. The molecule has 0 aliphatic rings. The fraction of sp³-hybridized carbons (Fsp3) is 0.0588. The first-order valence-corrected chi connectivity index (χ1v) is 7.37. The summed E-state index contributed by atoms with van der Waals surface area (Å²) in [5, 5.41) is 6.86. The van der Waals surface area contributed by atoms with E-state index in [1.165, 1.54) is 6.92 Å². The lowest BCUT2D eigenvalue weighted by molar-refractivity contribution is -0.114. The first-order valence-electron chi connectivity index (χ1n) is 6.99. The molecule has 23 heavy (non-hydrogen) atoms. The van der Waals surface area contributed by atoms with E-state index < -0.39 is 0 Å². The summed E-state index contributed by atoms with van der Waals surface area (Å²) >= 11 is 6.11. The van der Waals surface area contributed by atoms with Crippen LogP contribution >= 0.6 is 11.6 Å². The van der Waals surface area contributed by atoms with Crippen molar-refractivity contribution >= 4 is 45.7 Å². The van der Waals surface area contributed by atoms with Crippen molar-refractivity contribution in [1.82, 2.24) is 4.98 Å². The maximum Gasteiger partial charge on any atom is 0.272 e. The lowest BCUT2D eigenvalue weighted by atomic mass is 10.2. The minimum absolute atomic E-state index is 0.142. The number of H-pyrrole nitrogens is 1. The number of hydrogen-bond donors (Lipinski definition) is 3. The molecule has 1 aromatic heterocycles. The highest BCUT2D eigenvalue weighted by Crippen LogP contribution is 2.24. The van der Waals surface area contributed by atoms with Gasteiger partial charge in [0.05, 0.1) is 0 Å². The molecule has 1 heterocycles. The highest BCUT2D eigenvalue weighted by molar-refractivity contribution is 6.35. The summed E-state index contributed by atoms with van der Waals surface area (Å²) < 4.78 is 0. The van der Waals surface area contributed by atoms with Crippen LogP contribution in [0.2, 0.25) is 5.02 Å². The zero-order valence-electron chi connectivity index (χ0n) is 12.3. The lowest BCUT2D eigenvalue weighted by Gasteiger charge is -2.06. The Morgan fingerprint density at radius 2 is 1.65 bits per heavy atom. The van der Waals surface area contributed by atoms with Gasteiger partial charge in [0.1, 0.15) is 5.69 Å². The Hall–Kier alpha value is -2.79. The zero-order chi connectivity index (χ0) is 16.4. The van der Waals surface area contributed by atoms with Crippen LogP contribution < -0.4 is 10.6 Å². The third kappa shape index (κ3) is 3.35. The van der Waals surface area contributed by atoms with E-state index in [1.807, 2.05) is 12.1 Å². The molecule has 0 saturated heterocycles. The molecule has 2 aromatic carbocycles. The molecule has 0 fully saturated rings. The fourth-order valence-electron chi connectivity index (χ4n) is 2.28. The van der Waals surface area contributed by atoms with Gasteiger partial charge < -0.3 is 15.6 Å². The Balaban J connectivity index is 1.77. The molecule has 0 bridgehead atoms. The Bertz CT molecular complexity index is 884. The molecule has 3 N–H and O–H groups in total. The van der Waals surface area contributed by atoms with Crippen molar-refractivity contribution in [1.29, 1.82) is 0 Å². The van der Waals surface area contributed by atoms with E-state index in [9.17, 15) is 9.59 Å². The largest absolute Gasteiger partial charge is 0.350 e. The molecule has 0 saturated carbocycles. The van der Waals surface area contributed by atoms with Gasteiger partial charge in [0.15, 0.2) is 0 Å². The Morgan fingerprint density at radius 1 is 1.00 bits per heavy atom. The van der Waals surface area contributed by atoms with E-state index in [2.05, 4.69) is 15.6 Å². The molecule has 0 atom stereocenters. The van der Waals surface area contributed by atoms with Crippen molar-refractivity contribution in [3.8, 4) is 0 Å². The molecule has 5 nitrogen and oxygen atoms in total. The number of carbonyl (C=O) groups is 2. The second-order valence-electron chi connectivity index (χ2n) is 5.10. The van der Waals surface area contributed by atoms with Gasteiger partial charge in [-0.15, -0.1) is 0 Å². The zero-order valence-corrected chi connectivity index (χ0v) is 13.1. The molecule has 3 rings (SSSR count). The van der Waals surface area contributed by atoms with Crippen molar-refractivity contribution in [3.05, 3.63) is 59.2 Å². The van der Waals surface area contributed by atoms with Crippen LogP contribution in [-0.4, -0.2) is 16.8 Å². The third-order valence-corrected chi connectivity index (χ3v) is 3.65. The molecule has 0 unspecified atom stereocenters. The van der Waals surface area contributed by atoms with Crippen LogP contribution in [0.4, 0.5) is 11.4 Å². The maximum absolute atomic E-state index is 12.3. The van der Waals surface area contributed by atoms with Crippen molar-refractivity contribution in [2.75, 3.05) is 10.6 Å². The fourth-order valence-corrected chi connectivity index (χ4v) is 2.51. The van der Waals surface area contributed by atoms with Crippen molar-refractivity contribution < 1.29 is 9.59 Å². The SMILES string of the molecule is CC(=O)Nc1ccc(NC(=O)c2cc3c(Cl)cccc3[nH]2)cc1. The molecule has 0 aliphatic carbocycles. The highest BCUT2D eigenvalue weighted by atomic mass is 35.5. The molecule has 6 heteroatoms. The number of rotatable bonds is 3. The van der Waals surface area contributed by atoms with Gasteiger partial charge >= 0.3 is 0 Å². The molecule has 116 valence electrons. The van der Waals surface area contributed by atoms with E-state index in [0.717, 1.165) is 10.9 Å². The number of nitrogens with one attached hydrogen (secondary N) is 3. The number of hydrogen-bond acceptors (Lipinski definition) is 2. The minimum atomic E-state index is -0.260. The number of benzene rings is 2. The second-order valence-corrected chi connectivity index (χ2v) is 5.50. The predicted molar refractivity (Wildman–Crippen MR) is 92.0 cm³/mol. The Morgan fingerprint density at radius 3 is 2.26 bits per heavy atom. The highest BCUT2D eigenvalue weighted by Gasteiger charge is 2.11. The van der Waals surface area contributed by atoms with Gasteiger partial charge in [-0.1, -0.05) is 17.7 Å². The molecule has 3 aromatic rings. The minimum Gasteiger partial charge on any atom is -0.350 e. The molecule has 0 spiro atoms. The number of aromatic nitrogens is 1. The van der Waals surface area contributed by atoms with Gasteiger partial charge in [0.2, 0.25) is 5.91 Å². The van der Waals surface area contributed by atoms with Crippen LogP contribution in [-0.2, 0) is 4.79 Å². The number of carbonyl (C=O) groups excluding carboxylic acids is 2. The number of anilines is 2. The van der Waals surface area contributed by atoms with Crippen LogP contribution in [0.15, 0.2) is 48.5 Å². The van der Waals surface area contributed by atoms with Crippen molar-refractivity contribution in [2.45, 2.75) is 6.92 Å². The number of halogens is 1. The van der Waals surface area contributed by atoms with Gasteiger partial charge in [-0.3, -0.25) is 9.59 Å². The Kier molecular flexibility index (Phi) is 4.04. The molecule has 0 aliphatic heterocycles. The van der Waals surface area contributed by atoms with Crippen LogP contribution in [0, 0.1) is 0 Å². The van der Waals surface area contributed by atoms with E-state index in [4.69, 9.17) is 11.6 Å². The maximum atomic E-state index is 12.3. The van der Waals surface area contributed by atoms with Gasteiger partial charge in [0, 0.05) is 34.2 Å². The summed E-state index contributed by atoms with van der Waals surface area (Å²) in [6.45, 7) is 1.44. The third-order valence-electron chi connectivity index (χ3n) is 3.32. The molecule has 0 radical (unpaired) electrons. The predicted octanol–water partition coefficient (Wildman–Crippen LogP) is 4.03. The normalized spacial score (nSPS) is 10.5. The van der Waals surface area contributed by atoms with Gasteiger partial charge in [-0.25, -0.2) is 0 Å². The van der Waals surface area contributed by atoms with Crippen LogP contribution in [0.5, 0.6) is 0 Å². The monoisotopic (exact) mass is 327 g/mol. The molecular weight excluding hydrogens is 314 g/mol. The second kappa shape index (κ2) is 6.14. The van der Waals surface area contributed by atoms with Crippen molar-refractivity contribution in [2.24, 2.45) is 0 Å². The quantitative estimate of drug-likeness (QED) is 0.679. The lowest BCUT2D eigenvalue weighted by Crippen LogP contribution is -2.12. The van der Waals surface area contributed by atoms with Crippen molar-refractivity contribution in [3.63, 3.8) is 0 Å². The van der Waals surface area contributed by atoms with Gasteiger partial charge in [-0.2, -0.15) is 0 Å². The topological polar surface area (TPSA) is 74.0 Å². The van der Waals surface area contributed by atoms with Gasteiger partial charge in [-0.05, 0) is 42.5 Å². The summed E-state index contributed by atoms with van der Waals surface area (Å²) in [4.78, 5) is 26.3. The Labute approximate surface area is 137 Å². The first-order chi connectivity index (χ1) is 11.0. The summed E-state index contributed by atoms with van der Waals surface area (Å²) in [7, 11) is 0. The van der Waals surface area contributed by atoms with Crippen LogP contribution in [0.3, 0.4) is 0 Å². The summed E-state index contributed by atoms with van der Waals surface area (Å²) in [6.07, 6.45) is 0. The molecule has 2 amide bonds. The van der Waals surface area contributed by atoms with E-state index in [-0.39, 0.29) is 11.8 Å². The standard InChI is InChI=1S/C17H14ClN3O2/c1-10(22)19-11-5-7-12(8-6-11)20-17(23)16-9-13-14(18)3-2-4-15(13)21-16/h2-9,21H,1H3,(H,19,22)(H,20,23). The first kappa shape index (κ1) is 15.1. The number of fused-ring (bicyclic) bond motifs is 1. The van der Waals surface area contributed by atoms with Crippen LogP contribution in [0.1, 0.15) is 17.4 Å². The average Bonchev–Trinajstić information content (AvgIpc) is 2.94. The average molecular weight is 328 g/mol. The van der Waals surface area contributed by atoms with E-state index in [1.54, 1.807) is 36.4 Å². The summed E-state index contributed by atoms with van der Waals surface area (Å²) in [6, 6.07) is 14.1. The summed E-state index contributed by atoms with van der Waals surface area (Å²) in [5.74, 6) is -0.402. The van der Waals surface area contributed by atoms with Gasteiger partial charge in [0.25, 0.3) is 5.91 Å². The van der Waals surface area contributed by atoms with E-state index in [0.29, 0.717) is 22.1 Å².